The van der Waals surface area contributed by atoms with Gasteiger partial charge in [-0.15, -0.1) is 0 Å². The highest BCUT2D eigenvalue weighted by Crippen LogP contribution is 2.17. The molecule has 0 fully saturated rings. The predicted molar refractivity (Wildman–Crippen MR) is 65.3 cm³/mol. The Hall–Kier alpha value is -1.32. The fourth-order valence-electron chi connectivity index (χ4n) is 1.75. The average Bonchev–Trinajstić information content (AvgIpc) is 2.64. The highest BCUT2D eigenvalue weighted by molar-refractivity contribution is 6.30. The maximum Gasteiger partial charge on any atom is 0.0946 e. The van der Waals surface area contributed by atoms with E-state index in [9.17, 15) is 0 Å². The molecule has 3 nitrogen and oxygen atoms in total. The lowest BCUT2D eigenvalue weighted by Gasteiger charge is -2.12. The number of benzene rings is 1. The molecular formula is C12H14ClN3. The third-order valence-corrected chi connectivity index (χ3v) is 2.81. The molecule has 16 heavy (non-hydrogen) atoms. The van der Waals surface area contributed by atoms with Gasteiger partial charge in [-0.05, 0) is 24.1 Å². The summed E-state index contributed by atoms with van der Waals surface area (Å²) in [5, 5.41) is 0.745. The minimum absolute atomic E-state index is 0.0500. The van der Waals surface area contributed by atoms with Gasteiger partial charge in [0, 0.05) is 18.3 Å². The molecule has 1 aromatic carbocycles. The van der Waals surface area contributed by atoms with Gasteiger partial charge in [-0.25, -0.2) is 4.98 Å². The molecule has 1 aromatic heterocycles. The molecule has 0 saturated carbocycles. The second kappa shape index (κ2) is 4.68. The third kappa shape index (κ3) is 2.43. The normalized spacial score (nSPS) is 12.7. The molecule has 4 heteroatoms. The van der Waals surface area contributed by atoms with Crippen LogP contribution in [0.2, 0.25) is 5.02 Å². The molecule has 0 aliphatic carbocycles. The molecule has 2 aromatic rings. The number of halogens is 1. The summed E-state index contributed by atoms with van der Waals surface area (Å²) in [6.45, 7) is 0. The van der Waals surface area contributed by atoms with E-state index in [1.165, 1.54) is 0 Å². The average molecular weight is 236 g/mol. The molecule has 0 amide bonds. The standard InChI is InChI=1S/C12H14ClN3/c1-16-8-15-7-12(16)11(14)6-9-3-2-4-10(13)5-9/h2-5,7-8,11H,6,14H2,1H3. The second-order valence-corrected chi connectivity index (χ2v) is 4.31. The van der Waals surface area contributed by atoms with Gasteiger partial charge in [0.1, 0.15) is 0 Å². The van der Waals surface area contributed by atoms with Crippen molar-refractivity contribution in [2.24, 2.45) is 12.8 Å². The third-order valence-electron chi connectivity index (χ3n) is 2.58. The number of imidazole rings is 1. The molecule has 1 atom stereocenters. The molecule has 1 heterocycles. The first-order valence-corrected chi connectivity index (χ1v) is 5.51. The summed E-state index contributed by atoms with van der Waals surface area (Å²) in [5.41, 5.74) is 8.29. The zero-order valence-corrected chi connectivity index (χ0v) is 9.85. The van der Waals surface area contributed by atoms with Crippen LogP contribution in [-0.4, -0.2) is 9.55 Å². The van der Waals surface area contributed by atoms with Crippen molar-refractivity contribution in [3.05, 3.63) is 53.1 Å². The number of hydrogen-bond acceptors (Lipinski definition) is 2. The number of aromatic nitrogens is 2. The molecule has 0 aliphatic heterocycles. The van der Waals surface area contributed by atoms with Crippen LogP contribution in [0.1, 0.15) is 17.3 Å². The van der Waals surface area contributed by atoms with E-state index in [2.05, 4.69) is 4.98 Å². The Morgan fingerprint density at radius 1 is 1.50 bits per heavy atom. The molecular weight excluding hydrogens is 222 g/mol. The fourth-order valence-corrected chi connectivity index (χ4v) is 1.96. The van der Waals surface area contributed by atoms with E-state index < -0.39 is 0 Å². The molecule has 0 aliphatic rings. The summed E-state index contributed by atoms with van der Waals surface area (Å²) in [4.78, 5) is 4.06. The minimum Gasteiger partial charge on any atom is -0.336 e. The lowest BCUT2D eigenvalue weighted by Crippen LogP contribution is -2.16. The monoisotopic (exact) mass is 235 g/mol. The van der Waals surface area contributed by atoms with E-state index in [-0.39, 0.29) is 6.04 Å². The fraction of sp³-hybridized carbons (Fsp3) is 0.250. The lowest BCUT2D eigenvalue weighted by molar-refractivity contribution is 0.656. The Bertz CT molecular complexity index is 479. The maximum atomic E-state index is 6.12. The highest BCUT2D eigenvalue weighted by atomic mass is 35.5. The SMILES string of the molecule is Cn1cncc1C(N)Cc1cccc(Cl)c1. The minimum atomic E-state index is -0.0500. The first-order valence-electron chi connectivity index (χ1n) is 5.13. The van der Waals surface area contributed by atoms with E-state index in [4.69, 9.17) is 17.3 Å². The van der Waals surface area contributed by atoms with Crippen molar-refractivity contribution in [3.8, 4) is 0 Å². The van der Waals surface area contributed by atoms with Crippen LogP contribution in [0.15, 0.2) is 36.8 Å². The van der Waals surface area contributed by atoms with Crippen LogP contribution in [0.3, 0.4) is 0 Å². The van der Waals surface area contributed by atoms with E-state index in [1.54, 1.807) is 12.5 Å². The number of hydrogen-bond donors (Lipinski definition) is 1. The van der Waals surface area contributed by atoms with Crippen LogP contribution >= 0.6 is 11.6 Å². The molecule has 0 bridgehead atoms. The van der Waals surface area contributed by atoms with Crippen molar-refractivity contribution >= 4 is 11.6 Å². The zero-order chi connectivity index (χ0) is 11.5. The summed E-state index contributed by atoms with van der Waals surface area (Å²) in [6, 6.07) is 7.72. The highest BCUT2D eigenvalue weighted by Gasteiger charge is 2.10. The predicted octanol–water partition coefficient (Wildman–Crippen LogP) is 2.32. The van der Waals surface area contributed by atoms with E-state index in [0.29, 0.717) is 0 Å². The van der Waals surface area contributed by atoms with Crippen molar-refractivity contribution < 1.29 is 0 Å². The van der Waals surface area contributed by atoms with Gasteiger partial charge in [0.25, 0.3) is 0 Å². The molecule has 0 saturated heterocycles. The number of nitrogens with zero attached hydrogens (tertiary/aromatic N) is 2. The molecule has 2 N–H and O–H groups in total. The molecule has 2 rings (SSSR count). The van der Waals surface area contributed by atoms with Crippen LogP contribution in [0.5, 0.6) is 0 Å². The van der Waals surface area contributed by atoms with Crippen molar-refractivity contribution in [1.82, 2.24) is 9.55 Å². The number of nitrogens with two attached hydrogens (primary N) is 1. The first-order chi connectivity index (χ1) is 7.66. The maximum absolute atomic E-state index is 6.12. The van der Waals surface area contributed by atoms with Crippen molar-refractivity contribution in [2.45, 2.75) is 12.5 Å². The Morgan fingerprint density at radius 3 is 2.94 bits per heavy atom. The van der Waals surface area contributed by atoms with Gasteiger partial charge >= 0.3 is 0 Å². The van der Waals surface area contributed by atoms with Gasteiger partial charge in [0.2, 0.25) is 0 Å². The van der Waals surface area contributed by atoms with E-state index >= 15 is 0 Å². The Kier molecular flexibility index (Phi) is 3.27. The van der Waals surface area contributed by atoms with E-state index in [0.717, 1.165) is 22.7 Å². The zero-order valence-electron chi connectivity index (χ0n) is 9.10. The number of rotatable bonds is 3. The van der Waals surface area contributed by atoms with Gasteiger partial charge < -0.3 is 10.3 Å². The van der Waals surface area contributed by atoms with Crippen molar-refractivity contribution in [2.75, 3.05) is 0 Å². The molecule has 1 unspecified atom stereocenters. The summed E-state index contributed by atoms with van der Waals surface area (Å²) < 4.78 is 1.94. The molecule has 0 radical (unpaired) electrons. The van der Waals surface area contributed by atoms with Gasteiger partial charge in [-0.2, -0.15) is 0 Å². The summed E-state index contributed by atoms with van der Waals surface area (Å²) in [5.74, 6) is 0. The Labute approximate surface area is 99.9 Å². The van der Waals surface area contributed by atoms with Crippen molar-refractivity contribution in [3.63, 3.8) is 0 Å². The smallest absolute Gasteiger partial charge is 0.0946 e. The summed E-state index contributed by atoms with van der Waals surface area (Å²) in [7, 11) is 1.94. The van der Waals surface area contributed by atoms with Crippen LogP contribution in [0.25, 0.3) is 0 Å². The first kappa shape index (κ1) is 11.2. The lowest BCUT2D eigenvalue weighted by atomic mass is 10.0. The summed E-state index contributed by atoms with van der Waals surface area (Å²) >= 11 is 5.93. The molecule has 84 valence electrons. The Morgan fingerprint density at radius 2 is 2.31 bits per heavy atom. The summed E-state index contributed by atoms with van der Waals surface area (Å²) in [6.07, 6.45) is 4.32. The second-order valence-electron chi connectivity index (χ2n) is 3.87. The van der Waals surface area contributed by atoms with Gasteiger partial charge in [0.05, 0.1) is 18.1 Å². The topological polar surface area (TPSA) is 43.8 Å². The van der Waals surface area contributed by atoms with Gasteiger partial charge in [-0.1, -0.05) is 23.7 Å². The van der Waals surface area contributed by atoms with Crippen molar-refractivity contribution in [1.29, 1.82) is 0 Å². The molecule has 0 spiro atoms. The quantitative estimate of drug-likeness (QED) is 0.887. The number of aryl methyl sites for hydroxylation is 1. The van der Waals surface area contributed by atoms with E-state index in [1.807, 2.05) is 35.9 Å². The van der Waals surface area contributed by atoms with Crippen LogP contribution in [0, 0.1) is 0 Å². The van der Waals surface area contributed by atoms with Crippen LogP contribution < -0.4 is 5.73 Å². The van der Waals surface area contributed by atoms with Crippen LogP contribution in [0.4, 0.5) is 0 Å². The largest absolute Gasteiger partial charge is 0.336 e. The van der Waals surface area contributed by atoms with Gasteiger partial charge in [-0.3, -0.25) is 0 Å². The Balaban J connectivity index is 2.14. The van der Waals surface area contributed by atoms with Crippen LogP contribution in [-0.2, 0) is 13.5 Å². The van der Waals surface area contributed by atoms with Gasteiger partial charge in [0.15, 0.2) is 0 Å².